The minimum Gasteiger partial charge on any atom is -0.355 e. The van der Waals surface area contributed by atoms with Gasteiger partial charge in [0.1, 0.15) is 12.0 Å². The molecule has 0 spiro atoms. The fraction of sp³-hybridized carbons (Fsp3) is 0.571. The van der Waals surface area contributed by atoms with Gasteiger partial charge in [0, 0.05) is 12.5 Å². The summed E-state index contributed by atoms with van der Waals surface area (Å²) in [5, 5.41) is 2.34. The Labute approximate surface area is 77.4 Å². The van der Waals surface area contributed by atoms with E-state index in [2.05, 4.69) is 11.2 Å². The average Bonchev–Trinajstić information content (AvgIpc) is 1.97. The lowest BCUT2D eigenvalue weighted by molar-refractivity contribution is -0.119. The fourth-order valence-electron chi connectivity index (χ4n) is 0.579. The molecule has 76 valence electrons. The molecule has 6 heteroatoms. The second-order valence-electron chi connectivity index (χ2n) is 2.83. The SMILES string of the molecule is C=S(=O)(O)CC(=O)NCC(C)C=O. The predicted molar refractivity (Wildman–Crippen MR) is 51.0 cm³/mol. The van der Waals surface area contributed by atoms with Crippen LogP contribution in [0.15, 0.2) is 0 Å². The van der Waals surface area contributed by atoms with Crippen LogP contribution >= 0.6 is 0 Å². The molecule has 13 heavy (non-hydrogen) atoms. The molecule has 0 heterocycles. The van der Waals surface area contributed by atoms with E-state index < -0.39 is 21.5 Å². The van der Waals surface area contributed by atoms with Crippen LogP contribution in [0, 0.1) is 5.92 Å². The van der Waals surface area contributed by atoms with Crippen LogP contribution in [-0.4, -0.2) is 39.1 Å². The molecule has 2 unspecified atom stereocenters. The molecule has 0 saturated heterocycles. The van der Waals surface area contributed by atoms with Gasteiger partial charge in [-0.3, -0.25) is 4.79 Å². The first-order chi connectivity index (χ1) is 5.85. The van der Waals surface area contributed by atoms with E-state index in [-0.39, 0.29) is 12.5 Å². The molecule has 0 aromatic rings. The van der Waals surface area contributed by atoms with Crippen molar-refractivity contribution in [1.29, 1.82) is 0 Å². The first kappa shape index (κ1) is 12.1. The van der Waals surface area contributed by atoms with Crippen LogP contribution in [0.5, 0.6) is 0 Å². The fourth-order valence-corrected chi connectivity index (χ4v) is 1.09. The molecular formula is C7H13NO4S. The molecule has 0 fully saturated rings. The number of rotatable bonds is 5. The third kappa shape index (κ3) is 7.48. The van der Waals surface area contributed by atoms with Crippen LogP contribution < -0.4 is 5.32 Å². The van der Waals surface area contributed by atoms with Gasteiger partial charge in [0.25, 0.3) is 0 Å². The van der Waals surface area contributed by atoms with E-state index in [0.29, 0.717) is 6.29 Å². The number of amides is 1. The summed E-state index contributed by atoms with van der Waals surface area (Å²) in [4.78, 5) is 21.0. The minimum absolute atomic E-state index is 0.178. The Morgan fingerprint density at radius 3 is 2.69 bits per heavy atom. The molecule has 0 bridgehead atoms. The van der Waals surface area contributed by atoms with Gasteiger partial charge in [-0.05, 0) is 5.87 Å². The van der Waals surface area contributed by atoms with Gasteiger partial charge in [-0.2, -0.15) is 0 Å². The van der Waals surface area contributed by atoms with Crippen LogP contribution in [0.25, 0.3) is 0 Å². The van der Waals surface area contributed by atoms with Crippen LogP contribution in [0.1, 0.15) is 6.92 Å². The smallest absolute Gasteiger partial charge is 0.234 e. The van der Waals surface area contributed by atoms with Crippen molar-refractivity contribution >= 4 is 27.9 Å². The number of nitrogens with one attached hydrogen (secondary N) is 1. The van der Waals surface area contributed by atoms with Gasteiger partial charge in [0.05, 0.1) is 9.80 Å². The van der Waals surface area contributed by atoms with Crippen molar-refractivity contribution in [3.05, 3.63) is 0 Å². The zero-order chi connectivity index (χ0) is 10.5. The lowest BCUT2D eigenvalue weighted by Crippen LogP contribution is -2.33. The van der Waals surface area contributed by atoms with Gasteiger partial charge in [-0.15, -0.1) is 0 Å². The quantitative estimate of drug-likeness (QED) is 0.453. The Balaban J connectivity index is 3.83. The zero-order valence-electron chi connectivity index (χ0n) is 7.36. The molecule has 5 nitrogen and oxygen atoms in total. The normalized spacial score (nSPS) is 17.1. The summed E-state index contributed by atoms with van der Waals surface area (Å²) >= 11 is 0. The van der Waals surface area contributed by atoms with Gasteiger partial charge in [-0.1, -0.05) is 6.92 Å². The van der Waals surface area contributed by atoms with Gasteiger partial charge in [0.15, 0.2) is 0 Å². The highest BCUT2D eigenvalue weighted by molar-refractivity contribution is 7.95. The molecule has 2 atom stereocenters. The van der Waals surface area contributed by atoms with Gasteiger partial charge >= 0.3 is 0 Å². The third-order valence-corrected chi connectivity index (χ3v) is 1.92. The molecule has 0 aromatic carbocycles. The molecule has 0 aliphatic heterocycles. The molecular weight excluding hydrogens is 194 g/mol. The van der Waals surface area contributed by atoms with E-state index in [4.69, 9.17) is 4.55 Å². The number of carbonyl (C=O) groups is 2. The predicted octanol–water partition coefficient (Wildman–Crippen LogP) is -0.873. The van der Waals surface area contributed by atoms with Gasteiger partial charge < -0.3 is 14.7 Å². The van der Waals surface area contributed by atoms with Crippen LogP contribution in [0.3, 0.4) is 0 Å². The molecule has 0 aromatic heterocycles. The lowest BCUT2D eigenvalue weighted by atomic mass is 10.2. The van der Waals surface area contributed by atoms with Crippen molar-refractivity contribution in [2.45, 2.75) is 6.92 Å². The van der Waals surface area contributed by atoms with E-state index in [1.54, 1.807) is 6.92 Å². The lowest BCUT2D eigenvalue weighted by Gasteiger charge is -2.06. The summed E-state index contributed by atoms with van der Waals surface area (Å²) in [6.07, 6.45) is 0.695. The number of hydrogen-bond donors (Lipinski definition) is 2. The summed E-state index contributed by atoms with van der Waals surface area (Å²) in [6.45, 7) is 1.81. The summed E-state index contributed by atoms with van der Waals surface area (Å²) in [5.41, 5.74) is 0. The monoisotopic (exact) mass is 207 g/mol. The highest BCUT2D eigenvalue weighted by Crippen LogP contribution is 1.86. The van der Waals surface area contributed by atoms with Crippen LogP contribution in [0.2, 0.25) is 0 Å². The van der Waals surface area contributed by atoms with Gasteiger partial charge in [-0.25, -0.2) is 4.21 Å². The van der Waals surface area contributed by atoms with E-state index in [0.717, 1.165) is 0 Å². The summed E-state index contributed by atoms with van der Waals surface area (Å²) < 4.78 is 19.3. The molecule has 2 N–H and O–H groups in total. The Morgan fingerprint density at radius 1 is 1.77 bits per heavy atom. The molecule has 0 radical (unpaired) electrons. The van der Waals surface area contributed by atoms with Crippen LogP contribution in [-0.2, 0) is 19.4 Å². The first-order valence-corrected chi connectivity index (χ1v) is 5.50. The Kier molecular flexibility index (Phi) is 4.64. The molecule has 0 aliphatic carbocycles. The van der Waals surface area contributed by atoms with Crippen molar-refractivity contribution < 1.29 is 18.4 Å². The number of carbonyl (C=O) groups excluding carboxylic acids is 2. The minimum atomic E-state index is -3.28. The summed E-state index contributed by atoms with van der Waals surface area (Å²) in [7, 11) is -3.28. The maximum absolute atomic E-state index is 10.9. The second kappa shape index (κ2) is 4.98. The number of hydrogen-bond acceptors (Lipinski definition) is 3. The summed E-state index contributed by atoms with van der Waals surface area (Å²) in [5.74, 6) is 1.52. The van der Waals surface area contributed by atoms with Crippen molar-refractivity contribution in [2.75, 3.05) is 12.3 Å². The Morgan fingerprint density at radius 2 is 2.31 bits per heavy atom. The van der Waals surface area contributed by atoms with E-state index in [9.17, 15) is 13.8 Å². The van der Waals surface area contributed by atoms with Gasteiger partial charge in [0.2, 0.25) is 5.91 Å². The van der Waals surface area contributed by atoms with Crippen molar-refractivity contribution in [2.24, 2.45) is 5.92 Å². The van der Waals surface area contributed by atoms with E-state index in [1.807, 2.05) is 0 Å². The highest BCUT2D eigenvalue weighted by Gasteiger charge is 2.08. The molecule has 0 rings (SSSR count). The van der Waals surface area contributed by atoms with Crippen molar-refractivity contribution in [3.63, 3.8) is 0 Å². The Hall–Kier alpha value is -0.880. The highest BCUT2D eigenvalue weighted by atomic mass is 32.2. The first-order valence-electron chi connectivity index (χ1n) is 3.64. The largest absolute Gasteiger partial charge is 0.355 e. The zero-order valence-corrected chi connectivity index (χ0v) is 8.17. The van der Waals surface area contributed by atoms with Crippen molar-refractivity contribution in [3.8, 4) is 0 Å². The maximum Gasteiger partial charge on any atom is 0.234 e. The van der Waals surface area contributed by atoms with Crippen LogP contribution in [0.4, 0.5) is 0 Å². The second-order valence-corrected chi connectivity index (χ2v) is 4.67. The topological polar surface area (TPSA) is 83.5 Å². The molecule has 0 aliphatic rings. The third-order valence-electron chi connectivity index (χ3n) is 1.21. The average molecular weight is 207 g/mol. The Bertz CT molecular complexity index is 283. The number of aldehydes is 1. The van der Waals surface area contributed by atoms with E-state index >= 15 is 0 Å². The standard InChI is InChI=1S/C7H13NO4S/c1-6(4-9)3-8-7(10)5-13(2,11)12/h4,6H,2-3,5H2,1H3,(H,8,10)(H,11,12). The maximum atomic E-state index is 10.9. The van der Waals surface area contributed by atoms with Crippen molar-refractivity contribution in [1.82, 2.24) is 5.32 Å². The molecule has 0 saturated carbocycles. The molecule has 1 amide bonds. The van der Waals surface area contributed by atoms with E-state index in [1.165, 1.54) is 0 Å². The summed E-state index contributed by atoms with van der Waals surface area (Å²) in [6, 6.07) is 0.